The molecule has 5 heteroatoms. The number of carbonyl (C=O) groups is 2. The summed E-state index contributed by atoms with van der Waals surface area (Å²) < 4.78 is 0. The minimum absolute atomic E-state index is 0.0604. The van der Waals surface area contributed by atoms with Crippen LogP contribution >= 0.6 is 0 Å². The SMILES string of the molecule is CC(=O)N(C1CCC1)C1CCCN(C(=O)NC2C=CCCC2)CC1. The molecule has 0 aromatic carbocycles. The van der Waals surface area contributed by atoms with Crippen molar-refractivity contribution in [2.24, 2.45) is 0 Å². The number of urea groups is 1. The minimum atomic E-state index is 0.0604. The Labute approximate surface area is 145 Å². The molecule has 1 heterocycles. The van der Waals surface area contributed by atoms with Crippen LogP contribution < -0.4 is 5.32 Å². The van der Waals surface area contributed by atoms with E-state index in [-0.39, 0.29) is 18.0 Å². The van der Waals surface area contributed by atoms with E-state index < -0.39 is 0 Å². The van der Waals surface area contributed by atoms with E-state index in [4.69, 9.17) is 0 Å². The van der Waals surface area contributed by atoms with Crippen molar-refractivity contribution in [2.45, 2.75) is 82.8 Å². The van der Waals surface area contributed by atoms with Crippen LogP contribution in [0.15, 0.2) is 12.2 Å². The van der Waals surface area contributed by atoms with Crippen molar-refractivity contribution in [3.63, 3.8) is 0 Å². The molecule has 2 fully saturated rings. The topological polar surface area (TPSA) is 52.7 Å². The highest BCUT2D eigenvalue weighted by Gasteiger charge is 2.34. The maximum Gasteiger partial charge on any atom is 0.317 e. The standard InChI is InChI=1S/C19H31N3O2/c1-15(23)22(17-9-5-10-17)18-11-6-13-21(14-12-18)19(24)20-16-7-3-2-4-8-16/h3,7,16-18H,2,4-6,8-14H2,1H3,(H,20,24). The summed E-state index contributed by atoms with van der Waals surface area (Å²) >= 11 is 0. The fourth-order valence-corrected chi connectivity index (χ4v) is 4.22. The fraction of sp³-hybridized carbons (Fsp3) is 0.789. The monoisotopic (exact) mass is 333 g/mol. The van der Waals surface area contributed by atoms with Gasteiger partial charge in [0.15, 0.2) is 0 Å². The first-order valence-electron chi connectivity index (χ1n) is 9.66. The Morgan fingerprint density at radius 2 is 1.75 bits per heavy atom. The number of nitrogens with one attached hydrogen (secondary N) is 1. The lowest BCUT2D eigenvalue weighted by atomic mass is 9.89. The van der Waals surface area contributed by atoms with E-state index in [1.807, 2.05) is 4.90 Å². The first kappa shape index (κ1) is 17.3. The second kappa shape index (κ2) is 8.04. The molecule has 24 heavy (non-hydrogen) atoms. The summed E-state index contributed by atoms with van der Waals surface area (Å²) in [6, 6.07) is 1.000. The average molecular weight is 333 g/mol. The summed E-state index contributed by atoms with van der Waals surface area (Å²) in [5.74, 6) is 0.204. The number of carbonyl (C=O) groups excluding carboxylic acids is 2. The van der Waals surface area contributed by atoms with Crippen LogP contribution in [0.1, 0.15) is 64.7 Å². The highest BCUT2D eigenvalue weighted by molar-refractivity contribution is 5.75. The molecule has 1 N–H and O–H groups in total. The molecule has 5 nitrogen and oxygen atoms in total. The van der Waals surface area contributed by atoms with Gasteiger partial charge in [0, 0.05) is 38.1 Å². The number of rotatable bonds is 3. The lowest BCUT2D eigenvalue weighted by molar-refractivity contribution is -0.136. The molecule has 0 aromatic heterocycles. The van der Waals surface area contributed by atoms with Gasteiger partial charge in [0.25, 0.3) is 0 Å². The summed E-state index contributed by atoms with van der Waals surface area (Å²) in [4.78, 5) is 28.7. The van der Waals surface area contributed by atoms with Crippen LogP contribution in [0.5, 0.6) is 0 Å². The Morgan fingerprint density at radius 1 is 1.00 bits per heavy atom. The van der Waals surface area contributed by atoms with Gasteiger partial charge in [0.05, 0.1) is 0 Å². The van der Waals surface area contributed by atoms with E-state index >= 15 is 0 Å². The summed E-state index contributed by atoms with van der Waals surface area (Å²) in [5.41, 5.74) is 0. The van der Waals surface area contributed by atoms with Crippen LogP contribution in [0.2, 0.25) is 0 Å². The molecule has 1 aliphatic heterocycles. The number of amides is 3. The predicted octanol–water partition coefficient (Wildman–Crippen LogP) is 3.06. The van der Waals surface area contributed by atoms with Crippen LogP contribution in [-0.2, 0) is 4.79 Å². The van der Waals surface area contributed by atoms with Gasteiger partial charge in [-0.15, -0.1) is 0 Å². The van der Waals surface area contributed by atoms with E-state index in [9.17, 15) is 9.59 Å². The second-order valence-corrected chi connectivity index (χ2v) is 7.50. The molecular weight excluding hydrogens is 302 g/mol. The van der Waals surface area contributed by atoms with Crippen molar-refractivity contribution < 1.29 is 9.59 Å². The number of likely N-dealkylation sites (tertiary alicyclic amines) is 1. The van der Waals surface area contributed by atoms with Gasteiger partial charge in [-0.3, -0.25) is 4.79 Å². The first-order chi connectivity index (χ1) is 11.6. The molecule has 1 saturated heterocycles. The quantitative estimate of drug-likeness (QED) is 0.807. The van der Waals surface area contributed by atoms with Gasteiger partial charge in [-0.2, -0.15) is 0 Å². The van der Waals surface area contributed by atoms with Gasteiger partial charge >= 0.3 is 6.03 Å². The van der Waals surface area contributed by atoms with E-state index in [1.54, 1.807) is 6.92 Å². The summed E-state index contributed by atoms with van der Waals surface area (Å²) in [6.45, 7) is 3.25. The van der Waals surface area contributed by atoms with Gasteiger partial charge in [-0.25, -0.2) is 4.79 Å². The molecule has 3 rings (SSSR count). The summed E-state index contributed by atoms with van der Waals surface area (Å²) in [7, 11) is 0. The molecule has 1 saturated carbocycles. The maximum atomic E-state index is 12.5. The Morgan fingerprint density at radius 3 is 2.38 bits per heavy atom. The van der Waals surface area contributed by atoms with Crippen molar-refractivity contribution in [1.29, 1.82) is 0 Å². The van der Waals surface area contributed by atoms with E-state index in [0.717, 1.165) is 64.5 Å². The average Bonchev–Trinajstić information content (AvgIpc) is 2.77. The third-order valence-corrected chi connectivity index (χ3v) is 5.77. The molecule has 2 unspecified atom stereocenters. The largest absolute Gasteiger partial charge is 0.337 e. The molecule has 2 atom stereocenters. The molecule has 0 spiro atoms. The molecule has 0 bridgehead atoms. The highest BCUT2D eigenvalue weighted by atomic mass is 16.2. The van der Waals surface area contributed by atoms with Crippen molar-refractivity contribution in [2.75, 3.05) is 13.1 Å². The maximum absolute atomic E-state index is 12.5. The van der Waals surface area contributed by atoms with Crippen molar-refractivity contribution in [1.82, 2.24) is 15.1 Å². The highest BCUT2D eigenvalue weighted by Crippen LogP contribution is 2.30. The van der Waals surface area contributed by atoms with Gasteiger partial charge in [0.2, 0.25) is 5.91 Å². The van der Waals surface area contributed by atoms with E-state index in [2.05, 4.69) is 22.4 Å². The normalized spacial score (nSPS) is 28.0. The zero-order valence-corrected chi connectivity index (χ0v) is 14.9. The Hall–Kier alpha value is -1.52. The molecule has 0 radical (unpaired) electrons. The van der Waals surface area contributed by atoms with Crippen LogP contribution in [0, 0.1) is 0 Å². The van der Waals surface area contributed by atoms with E-state index in [1.165, 1.54) is 6.42 Å². The zero-order valence-electron chi connectivity index (χ0n) is 14.9. The summed E-state index contributed by atoms with van der Waals surface area (Å²) in [6.07, 6.45) is 14.0. The Kier molecular flexibility index (Phi) is 5.80. The minimum Gasteiger partial charge on any atom is -0.337 e. The smallest absolute Gasteiger partial charge is 0.317 e. The van der Waals surface area contributed by atoms with Crippen LogP contribution in [0.3, 0.4) is 0 Å². The van der Waals surface area contributed by atoms with E-state index in [0.29, 0.717) is 12.1 Å². The lowest BCUT2D eigenvalue weighted by Gasteiger charge is -2.42. The molecule has 3 amide bonds. The van der Waals surface area contributed by atoms with Crippen molar-refractivity contribution >= 4 is 11.9 Å². The van der Waals surface area contributed by atoms with Gasteiger partial charge in [0.1, 0.15) is 0 Å². The molecule has 2 aliphatic carbocycles. The zero-order chi connectivity index (χ0) is 16.9. The Balaban J connectivity index is 1.53. The molecule has 3 aliphatic rings. The summed E-state index contributed by atoms with van der Waals surface area (Å²) in [5, 5.41) is 3.15. The third kappa shape index (κ3) is 4.11. The van der Waals surface area contributed by atoms with Gasteiger partial charge in [-0.05, 0) is 57.8 Å². The van der Waals surface area contributed by atoms with Gasteiger partial charge < -0.3 is 15.1 Å². The molecular formula is C19H31N3O2. The van der Waals surface area contributed by atoms with Crippen LogP contribution in [0.4, 0.5) is 4.79 Å². The van der Waals surface area contributed by atoms with Crippen LogP contribution in [0.25, 0.3) is 0 Å². The molecule has 134 valence electrons. The van der Waals surface area contributed by atoms with Crippen LogP contribution in [-0.4, -0.2) is 53.0 Å². The molecule has 0 aromatic rings. The van der Waals surface area contributed by atoms with Crippen molar-refractivity contribution in [3.8, 4) is 0 Å². The second-order valence-electron chi connectivity index (χ2n) is 7.50. The lowest BCUT2D eigenvalue weighted by Crippen LogP contribution is -2.50. The third-order valence-electron chi connectivity index (χ3n) is 5.77. The predicted molar refractivity (Wildman–Crippen MR) is 94.7 cm³/mol. The van der Waals surface area contributed by atoms with Crippen molar-refractivity contribution in [3.05, 3.63) is 12.2 Å². The Bertz CT molecular complexity index is 487. The number of nitrogens with zero attached hydrogens (tertiary/aromatic N) is 2. The fourth-order valence-electron chi connectivity index (χ4n) is 4.22. The first-order valence-corrected chi connectivity index (χ1v) is 9.66. The number of hydrogen-bond donors (Lipinski definition) is 1. The van der Waals surface area contributed by atoms with Gasteiger partial charge in [-0.1, -0.05) is 12.2 Å². The number of allylic oxidation sites excluding steroid dienone is 1. The number of hydrogen-bond acceptors (Lipinski definition) is 2.